The van der Waals surface area contributed by atoms with Crippen LogP contribution in [0, 0.1) is 11.6 Å². The number of nitrogens with one attached hydrogen (secondary N) is 2. The topological polar surface area (TPSA) is 83.0 Å². The zero-order chi connectivity index (χ0) is 24.6. The van der Waals surface area contributed by atoms with E-state index in [9.17, 15) is 18.0 Å². The maximum atomic E-state index is 14.5. The number of benzene rings is 1. The summed E-state index contributed by atoms with van der Waals surface area (Å²) < 4.78 is 42.6. The normalized spacial score (nSPS) is 22.2. The lowest BCUT2D eigenvalue weighted by atomic mass is 9.65. The predicted octanol–water partition coefficient (Wildman–Crippen LogP) is 3.34. The molecule has 0 atom stereocenters. The van der Waals surface area contributed by atoms with Crippen LogP contribution in [0.3, 0.4) is 0 Å². The van der Waals surface area contributed by atoms with Crippen molar-refractivity contribution in [3.63, 3.8) is 0 Å². The van der Waals surface area contributed by atoms with Gasteiger partial charge in [0, 0.05) is 60.3 Å². The molecule has 2 aromatic heterocycles. The minimum atomic E-state index is -1.01. The van der Waals surface area contributed by atoms with Crippen molar-refractivity contribution in [1.29, 1.82) is 0 Å². The summed E-state index contributed by atoms with van der Waals surface area (Å²) in [7, 11) is 1.97. The van der Waals surface area contributed by atoms with Gasteiger partial charge in [0.15, 0.2) is 0 Å². The van der Waals surface area contributed by atoms with Gasteiger partial charge in [-0.1, -0.05) is 0 Å². The molecule has 0 unspecified atom stereocenters. The van der Waals surface area contributed by atoms with Crippen LogP contribution >= 0.6 is 0 Å². The summed E-state index contributed by atoms with van der Waals surface area (Å²) in [4.78, 5) is 27.2. The highest BCUT2D eigenvalue weighted by Gasteiger charge is 2.48. The Morgan fingerprint density at radius 2 is 1.86 bits per heavy atom. The minimum absolute atomic E-state index is 0.0842. The van der Waals surface area contributed by atoms with E-state index in [0.29, 0.717) is 11.1 Å². The third-order valence-corrected chi connectivity index (χ3v) is 6.66. The molecule has 2 N–H and O–H groups in total. The van der Waals surface area contributed by atoms with Crippen LogP contribution in [0.1, 0.15) is 28.9 Å². The van der Waals surface area contributed by atoms with E-state index >= 15 is 0 Å². The van der Waals surface area contributed by atoms with Crippen molar-refractivity contribution < 1.29 is 18.0 Å². The number of carbonyl (C=O) groups excluding carboxylic acids is 1. The highest BCUT2D eigenvalue weighted by atomic mass is 19.1. The number of aromatic nitrogens is 3. The standard InChI is InChI=1S/C25H25F3N6O/c1-34-12-18(13-34)33-23(35)15-4-5-20(27)19(7-15)16-10-30-24(31-11-16)32-14-25(8-17(26)9-25)22-21(28)3-2-6-29-22/h2-7,10-11,17-18H,8-9,12-14H2,1H3,(H,33,35)(H,30,31,32). The Balaban J connectivity index is 1.28. The molecule has 1 aromatic carbocycles. The molecule has 0 spiro atoms. The second-order valence-corrected chi connectivity index (χ2v) is 9.35. The van der Waals surface area contributed by atoms with Gasteiger partial charge in [-0.25, -0.2) is 23.1 Å². The molecule has 1 aliphatic carbocycles. The Kier molecular flexibility index (Phi) is 6.14. The molecule has 1 amide bonds. The molecule has 3 aromatic rings. The maximum absolute atomic E-state index is 14.5. The zero-order valence-corrected chi connectivity index (χ0v) is 19.1. The third-order valence-electron chi connectivity index (χ3n) is 6.66. The van der Waals surface area contributed by atoms with Crippen molar-refractivity contribution in [2.24, 2.45) is 0 Å². The number of rotatable bonds is 7. The number of likely N-dealkylation sites (tertiary alicyclic amines) is 1. The number of carbonyl (C=O) groups is 1. The van der Waals surface area contributed by atoms with Crippen LogP contribution in [0.4, 0.5) is 19.1 Å². The van der Waals surface area contributed by atoms with Gasteiger partial charge in [0.2, 0.25) is 5.95 Å². The lowest BCUT2D eigenvalue weighted by Gasteiger charge is -2.43. The van der Waals surface area contributed by atoms with Gasteiger partial charge in [-0.15, -0.1) is 0 Å². The molecule has 2 fully saturated rings. The Bertz CT molecular complexity index is 1230. The number of nitrogens with zero attached hydrogens (tertiary/aromatic N) is 4. The number of halogens is 3. The summed E-state index contributed by atoms with van der Waals surface area (Å²) >= 11 is 0. The van der Waals surface area contributed by atoms with Crippen molar-refractivity contribution in [3.05, 3.63) is 71.8 Å². The number of anilines is 1. The first-order valence-electron chi connectivity index (χ1n) is 11.4. The molecule has 2 aliphatic rings. The molecule has 35 heavy (non-hydrogen) atoms. The largest absolute Gasteiger partial charge is 0.353 e. The number of alkyl halides is 1. The second-order valence-electron chi connectivity index (χ2n) is 9.35. The molecule has 10 heteroatoms. The van der Waals surface area contributed by atoms with E-state index < -0.39 is 23.2 Å². The summed E-state index contributed by atoms with van der Waals surface area (Å²) in [6, 6.07) is 7.07. The Hall–Kier alpha value is -3.53. The molecule has 182 valence electrons. The van der Waals surface area contributed by atoms with Gasteiger partial charge in [0.1, 0.15) is 17.8 Å². The van der Waals surface area contributed by atoms with E-state index in [1.54, 1.807) is 0 Å². The molecule has 0 bridgehead atoms. The first-order valence-corrected chi connectivity index (χ1v) is 11.4. The number of amides is 1. The van der Waals surface area contributed by atoms with Crippen LogP contribution in [0.25, 0.3) is 11.1 Å². The van der Waals surface area contributed by atoms with Gasteiger partial charge < -0.3 is 15.5 Å². The van der Waals surface area contributed by atoms with E-state index in [-0.39, 0.29) is 48.5 Å². The van der Waals surface area contributed by atoms with Crippen LogP contribution in [0.2, 0.25) is 0 Å². The third kappa shape index (κ3) is 4.70. The van der Waals surface area contributed by atoms with Crippen LogP contribution < -0.4 is 10.6 Å². The fourth-order valence-corrected chi connectivity index (χ4v) is 4.74. The summed E-state index contributed by atoms with van der Waals surface area (Å²) in [5.74, 6) is -0.985. The van der Waals surface area contributed by atoms with Crippen molar-refractivity contribution >= 4 is 11.9 Å². The van der Waals surface area contributed by atoms with E-state index in [4.69, 9.17) is 0 Å². The fourth-order valence-electron chi connectivity index (χ4n) is 4.74. The lowest BCUT2D eigenvalue weighted by molar-refractivity contribution is 0.0857. The monoisotopic (exact) mass is 482 g/mol. The van der Waals surface area contributed by atoms with E-state index in [0.717, 1.165) is 13.1 Å². The average Bonchev–Trinajstić information content (AvgIpc) is 2.81. The van der Waals surface area contributed by atoms with Crippen molar-refractivity contribution in [2.45, 2.75) is 30.5 Å². The van der Waals surface area contributed by atoms with Crippen LogP contribution in [0.15, 0.2) is 48.9 Å². The van der Waals surface area contributed by atoms with Gasteiger partial charge >= 0.3 is 0 Å². The van der Waals surface area contributed by atoms with Gasteiger partial charge in [-0.3, -0.25) is 9.78 Å². The molecule has 1 saturated heterocycles. The van der Waals surface area contributed by atoms with Crippen molar-refractivity contribution in [1.82, 2.24) is 25.2 Å². The maximum Gasteiger partial charge on any atom is 0.251 e. The molecular formula is C25H25F3N6O. The highest BCUT2D eigenvalue weighted by molar-refractivity contribution is 5.95. The van der Waals surface area contributed by atoms with Crippen LogP contribution in [-0.4, -0.2) is 64.7 Å². The molecule has 3 heterocycles. The Morgan fingerprint density at radius 3 is 2.51 bits per heavy atom. The highest BCUT2D eigenvalue weighted by Crippen LogP contribution is 2.45. The second kappa shape index (κ2) is 9.26. The fraction of sp³-hybridized carbons (Fsp3) is 0.360. The Labute approximate surface area is 200 Å². The summed E-state index contributed by atoms with van der Waals surface area (Å²) in [5, 5.41) is 5.97. The van der Waals surface area contributed by atoms with Crippen LogP contribution in [-0.2, 0) is 5.41 Å². The van der Waals surface area contributed by atoms with Gasteiger partial charge in [-0.2, -0.15) is 0 Å². The van der Waals surface area contributed by atoms with E-state index in [2.05, 4.69) is 30.5 Å². The van der Waals surface area contributed by atoms with Crippen molar-refractivity contribution in [3.8, 4) is 11.1 Å². The molecule has 7 nitrogen and oxygen atoms in total. The predicted molar refractivity (Wildman–Crippen MR) is 125 cm³/mol. The minimum Gasteiger partial charge on any atom is -0.353 e. The van der Waals surface area contributed by atoms with E-state index in [1.165, 1.54) is 48.9 Å². The first kappa shape index (κ1) is 23.2. The summed E-state index contributed by atoms with van der Waals surface area (Å²) in [6.45, 7) is 1.77. The number of likely N-dealkylation sites (N-methyl/N-ethyl adjacent to an activating group) is 1. The van der Waals surface area contributed by atoms with Crippen LogP contribution in [0.5, 0.6) is 0 Å². The van der Waals surface area contributed by atoms with Crippen molar-refractivity contribution in [2.75, 3.05) is 32.0 Å². The van der Waals surface area contributed by atoms with E-state index in [1.807, 2.05) is 7.05 Å². The SMILES string of the molecule is CN1CC(NC(=O)c2ccc(F)c(-c3cnc(NCC4(c5ncccc5F)CC(F)C4)nc3)c2)C1. The summed E-state index contributed by atoms with van der Waals surface area (Å²) in [6.07, 6.45) is 3.68. The average molecular weight is 483 g/mol. The number of hydrogen-bond acceptors (Lipinski definition) is 6. The summed E-state index contributed by atoms with van der Waals surface area (Å²) in [5.41, 5.74) is 0.410. The van der Waals surface area contributed by atoms with Gasteiger partial charge in [-0.05, 0) is 50.2 Å². The Morgan fingerprint density at radius 1 is 1.11 bits per heavy atom. The zero-order valence-electron chi connectivity index (χ0n) is 19.1. The quantitative estimate of drug-likeness (QED) is 0.538. The first-order chi connectivity index (χ1) is 16.8. The molecule has 5 rings (SSSR count). The smallest absolute Gasteiger partial charge is 0.251 e. The number of hydrogen-bond donors (Lipinski definition) is 2. The van der Waals surface area contributed by atoms with Gasteiger partial charge in [0.25, 0.3) is 5.91 Å². The molecular weight excluding hydrogens is 457 g/mol. The molecule has 1 aliphatic heterocycles. The molecule has 1 saturated carbocycles. The lowest BCUT2D eigenvalue weighted by Crippen LogP contribution is -2.57. The number of pyridine rings is 1. The van der Waals surface area contributed by atoms with Gasteiger partial charge in [0.05, 0.1) is 11.7 Å². The molecule has 0 radical (unpaired) electrons.